The van der Waals surface area contributed by atoms with Gasteiger partial charge in [-0.1, -0.05) is 30.3 Å². The smallest absolute Gasteiger partial charge is 0.299 e. The number of hydrogen-bond donors (Lipinski definition) is 1. The lowest BCUT2D eigenvalue weighted by Gasteiger charge is -2.12. The maximum atomic E-state index is 12.9. The third-order valence-corrected chi connectivity index (χ3v) is 4.15. The summed E-state index contributed by atoms with van der Waals surface area (Å²) in [6.07, 6.45) is 0. The molecular weight excluding hydrogens is 396 g/mol. The van der Waals surface area contributed by atoms with Gasteiger partial charge in [0.1, 0.15) is 5.69 Å². The average Bonchev–Trinajstić information content (AvgIpc) is 2.74. The Morgan fingerprint density at radius 1 is 0.700 bits per heavy atom. The molecule has 0 radical (unpaired) electrons. The standard InChI is InChI=1S/C19H12N4O7/c24-19(12-4-2-1-3-5-12)15-10-13(21(25)26)6-8-16(15)20-17-9-7-14(22(27)28)11-18(17)23(29)30/h1-11,20H. The molecule has 1 N–H and O–H groups in total. The summed E-state index contributed by atoms with van der Waals surface area (Å²) in [4.78, 5) is 44.1. The molecular formula is C19H12N4O7. The Bertz CT molecular complexity index is 1180. The van der Waals surface area contributed by atoms with E-state index >= 15 is 0 Å². The Balaban J connectivity index is 2.11. The number of carbonyl (C=O) groups is 1. The van der Waals surface area contributed by atoms with Gasteiger partial charge in [0.25, 0.3) is 17.1 Å². The van der Waals surface area contributed by atoms with Gasteiger partial charge in [-0.3, -0.25) is 35.1 Å². The second-order valence-corrected chi connectivity index (χ2v) is 6.02. The van der Waals surface area contributed by atoms with Crippen LogP contribution >= 0.6 is 0 Å². The molecule has 0 aliphatic heterocycles. The van der Waals surface area contributed by atoms with Gasteiger partial charge in [0.05, 0.1) is 32.1 Å². The molecule has 0 fully saturated rings. The van der Waals surface area contributed by atoms with Gasteiger partial charge in [-0.25, -0.2) is 0 Å². The van der Waals surface area contributed by atoms with Gasteiger partial charge in [-0.15, -0.1) is 0 Å². The van der Waals surface area contributed by atoms with E-state index in [2.05, 4.69) is 5.32 Å². The second-order valence-electron chi connectivity index (χ2n) is 6.02. The number of nitrogens with one attached hydrogen (secondary N) is 1. The van der Waals surface area contributed by atoms with Crippen molar-refractivity contribution in [1.29, 1.82) is 0 Å². The minimum absolute atomic E-state index is 0.0754. The first-order chi connectivity index (χ1) is 14.3. The molecule has 0 amide bonds. The summed E-state index contributed by atoms with van der Waals surface area (Å²) in [5, 5.41) is 36.1. The van der Waals surface area contributed by atoms with Gasteiger partial charge >= 0.3 is 0 Å². The van der Waals surface area contributed by atoms with E-state index < -0.39 is 31.9 Å². The van der Waals surface area contributed by atoms with Crippen LogP contribution in [0, 0.1) is 30.3 Å². The Morgan fingerprint density at radius 3 is 1.83 bits per heavy atom. The largest absolute Gasteiger partial charge is 0.349 e. The van der Waals surface area contributed by atoms with E-state index in [4.69, 9.17) is 0 Å². The van der Waals surface area contributed by atoms with Crippen LogP contribution in [0.25, 0.3) is 0 Å². The van der Waals surface area contributed by atoms with Gasteiger partial charge in [0, 0.05) is 23.8 Å². The maximum absolute atomic E-state index is 12.9. The number of nitro groups is 3. The summed E-state index contributed by atoms with van der Waals surface area (Å²) in [7, 11) is 0. The molecule has 0 bridgehead atoms. The van der Waals surface area contributed by atoms with Crippen molar-refractivity contribution in [2.45, 2.75) is 0 Å². The van der Waals surface area contributed by atoms with E-state index in [0.29, 0.717) is 0 Å². The minimum atomic E-state index is -0.806. The third-order valence-electron chi connectivity index (χ3n) is 4.15. The number of nitro benzene ring substituents is 3. The van der Waals surface area contributed by atoms with Crippen LogP contribution in [0.2, 0.25) is 0 Å². The van der Waals surface area contributed by atoms with Crippen LogP contribution in [0.3, 0.4) is 0 Å². The highest BCUT2D eigenvalue weighted by Crippen LogP contribution is 2.34. The topological polar surface area (TPSA) is 159 Å². The number of non-ortho nitro benzene ring substituents is 2. The van der Waals surface area contributed by atoms with Crippen LogP contribution in [0.15, 0.2) is 66.7 Å². The Kier molecular flexibility index (Phi) is 5.45. The fraction of sp³-hybridized carbons (Fsp3) is 0. The highest BCUT2D eigenvalue weighted by Gasteiger charge is 2.23. The fourth-order valence-electron chi connectivity index (χ4n) is 2.72. The lowest BCUT2D eigenvalue weighted by molar-refractivity contribution is -0.393. The molecule has 0 saturated heterocycles. The third kappa shape index (κ3) is 4.09. The minimum Gasteiger partial charge on any atom is -0.349 e. The lowest BCUT2D eigenvalue weighted by Crippen LogP contribution is -2.07. The number of carbonyl (C=O) groups excluding carboxylic acids is 1. The normalized spacial score (nSPS) is 10.3. The first-order valence-corrected chi connectivity index (χ1v) is 8.36. The van der Waals surface area contributed by atoms with Gasteiger partial charge in [0.15, 0.2) is 5.78 Å². The number of anilines is 2. The van der Waals surface area contributed by atoms with Crippen molar-refractivity contribution in [3.05, 3.63) is 108 Å². The number of ketones is 1. The zero-order chi connectivity index (χ0) is 21.8. The highest BCUT2D eigenvalue weighted by molar-refractivity contribution is 6.13. The van der Waals surface area contributed by atoms with E-state index in [-0.39, 0.29) is 28.2 Å². The fourth-order valence-corrected chi connectivity index (χ4v) is 2.72. The van der Waals surface area contributed by atoms with E-state index in [1.165, 1.54) is 18.2 Å². The van der Waals surface area contributed by atoms with Gasteiger partial charge in [0.2, 0.25) is 0 Å². The Labute approximate surface area is 168 Å². The molecule has 11 heteroatoms. The maximum Gasteiger partial charge on any atom is 0.299 e. The van der Waals surface area contributed by atoms with Gasteiger partial charge in [-0.05, 0) is 12.1 Å². The molecule has 3 rings (SSSR count). The van der Waals surface area contributed by atoms with Gasteiger partial charge in [-0.2, -0.15) is 0 Å². The molecule has 3 aromatic carbocycles. The van der Waals surface area contributed by atoms with Crippen molar-refractivity contribution >= 4 is 34.2 Å². The SMILES string of the molecule is O=C(c1ccccc1)c1cc([N+](=O)[O-])ccc1Nc1ccc([N+](=O)[O-])cc1[N+](=O)[O-]. The molecule has 0 saturated carbocycles. The molecule has 150 valence electrons. The van der Waals surface area contributed by atoms with Crippen LogP contribution in [0.4, 0.5) is 28.4 Å². The van der Waals surface area contributed by atoms with Crippen molar-refractivity contribution in [3.63, 3.8) is 0 Å². The van der Waals surface area contributed by atoms with Crippen molar-refractivity contribution < 1.29 is 19.6 Å². The monoisotopic (exact) mass is 408 g/mol. The molecule has 11 nitrogen and oxygen atoms in total. The van der Waals surface area contributed by atoms with Crippen LogP contribution in [0.5, 0.6) is 0 Å². The van der Waals surface area contributed by atoms with E-state index in [9.17, 15) is 35.1 Å². The molecule has 0 atom stereocenters. The van der Waals surface area contributed by atoms with Crippen LogP contribution < -0.4 is 5.32 Å². The summed E-state index contributed by atoms with van der Waals surface area (Å²) in [6, 6.07) is 14.4. The predicted molar refractivity (Wildman–Crippen MR) is 106 cm³/mol. The Morgan fingerprint density at radius 2 is 1.27 bits per heavy atom. The quantitative estimate of drug-likeness (QED) is 0.342. The highest BCUT2D eigenvalue weighted by atomic mass is 16.6. The molecule has 30 heavy (non-hydrogen) atoms. The molecule has 3 aromatic rings. The van der Waals surface area contributed by atoms with Crippen molar-refractivity contribution in [2.24, 2.45) is 0 Å². The summed E-state index contributed by atoms with van der Waals surface area (Å²) in [6.45, 7) is 0. The summed E-state index contributed by atoms with van der Waals surface area (Å²) >= 11 is 0. The van der Waals surface area contributed by atoms with Crippen LogP contribution in [-0.2, 0) is 0 Å². The summed E-state index contributed by atoms with van der Waals surface area (Å²) in [5.74, 6) is -0.536. The second kappa shape index (κ2) is 8.14. The number of nitrogens with zero attached hydrogens (tertiary/aromatic N) is 3. The molecule has 0 spiro atoms. The zero-order valence-electron chi connectivity index (χ0n) is 15.1. The molecule has 0 aliphatic rings. The number of benzene rings is 3. The van der Waals surface area contributed by atoms with Crippen molar-refractivity contribution in [1.82, 2.24) is 0 Å². The van der Waals surface area contributed by atoms with Crippen molar-refractivity contribution in [3.8, 4) is 0 Å². The number of hydrogen-bond acceptors (Lipinski definition) is 8. The van der Waals surface area contributed by atoms with E-state index in [0.717, 1.165) is 30.3 Å². The van der Waals surface area contributed by atoms with Crippen molar-refractivity contribution in [2.75, 3.05) is 5.32 Å². The average molecular weight is 408 g/mol. The molecule has 0 heterocycles. The Hall–Kier alpha value is -4.67. The number of rotatable bonds is 7. The molecule has 0 aliphatic carbocycles. The first-order valence-electron chi connectivity index (χ1n) is 8.36. The first kappa shape index (κ1) is 20.1. The van der Waals surface area contributed by atoms with E-state index in [1.54, 1.807) is 18.2 Å². The zero-order valence-corrected chi connectivity index (χ0v) is 15.1. The van der Waals surface area contributed by atoms with Crippen LogP contribution in [0.1, 0.15) is 15.9 Å². The summed E-state index contributed by atoms with van der Waals surface area (Å²) < 4.78 is 0. The predicted octanol–water partition coefficient (Wildman–Crippen LogP) is 4.39. The molecule has 0 unspecified atom stereocenters. The van der Waals surface area contributed by atoms with Gasteiger partial charge < -0.3 is 5.32 Å². The summed E-state index contributed by atoms with van der Waals surface area (Å²) in [5.41, 5.74) is -1.24. The van der Waals surface area contributed by atoms with Crippen LogP contribution in [-0.4, -0.2) is 20.6 Å². The molecule has 0 aromatic heterocycles. The lowest BCUT2D eigenvalue weighted by atomic mass is 10.0. The van der Waals surface area contributed by atoms with E-state index in [1.807, 2.05) is 0 Å².